The molecule has 0 aliphatic heterocycles. The molecule has 1 heterocycles. The summed E-state index contributed by atoms with van der Waals surface area (Å²) in [4.78, 5) is 6.46. The number of amidine groups is 1. The number of nitrogen functional groups attached to an aromatic ring is 1. The molecule has 0 aliphatic carbocycles. The molecule has 0 aliphatic rings. The van der Waals surface area contributed by atoms with E-state index in [0.717, 1.165) is 16.9 Å². The van der Waals surface area contributed by atoms with Gasteiger partial charge in [-0.1, -0.05) is 6.07 Å². The highest BCUT2D eigenvalue weighted by Gasteiger charge is 2.05. The lowest BCUT2D eigenvalue weighted by Gasteiger charge is -2.19. The van der Waals surface area contributed by atoms with E-state index in [1.54, 1.807) is 7.11 Å². The molecular weight excluding hydrogens is 252 g/mol. The van der Waals surface area contributed by atoms with Gasteiger partial charge in [0.1, 0.15) is 5.84 Å². The molecule has 20 heavy (non-hydrogen) atoms. The van der Waals surface area contributed by atoms with Gasteiger partial charge in [0.2, 0.25) is 5.88 Å². The van der Waals surface area contributed by atoms with Crippen LogP contribution in [-0.4, -0.2) is 25.0 Å². The third kappa shape index (κ3) is 3.26. The van der Waals surface area contributed by atoms with Crippen LogP contribution in [0.3, 0.4) is 0 Å². The van der Waals surface area contributed by atoms with E-state index in [4.69, 9.17) is 15.9 Å². The number of rotatable bonds is 5. The fraction of sp³-hybridized carbons (Fsp3) is 0.200. The van der Waals surface area contributed by atoms with Crippen LogP contribution in [0.2, 0.25) is 0 Å². The van der Waals surface area contributed by atoms with Crippen molar-refractivity contribution in [1.29, 1.82) is 5.41 Å². The van der Waals surface area contributed by atoms with Gasteiger partial charge in [-0.3, -0.25) is 5.41 Å². The van der Waals surface area contributed by atoms with Crippen LogP contribution < -0.4 is 15.4 Å². The Morgan fingerprint density at radius 2 is 1.95 bits per heavy atom. The largest absolute Gasteiger partial charge is 0.481 e. The second-order valence-corrected chi connectivity index (χ2v) is 4.49. The molecule has 0 saturated carbocycles. The Morgan fingerprint density at radius 1 is 1.25 bits per heavy atom. The molecule has 104 valence electrons. The monoisotopic (exact) mass is 270 g/mol. The number of nitrogens with zero attached hydrogens (tertiary/aromatic N) is 2. The van der Waals surface area contributed by atoms with E-state index in [1.165, 1.54) is 0 Å². The minimum absolute atomic E-state index is 0.0775. The lowest BCUT2D eigenvalue weighted by Crippen LogP contribution is -2.18. The van der Waals surface area contributed by atoms with Crippen molar-refractivity contribution in [3.8, 4) is 5.88 Å². The summed E-state index contributed by atoms with van der Waals surface area (Å²) < 4.78 is 5.12. The normalized spacial score (nSPS) is 10.1. The van der Waals surface area contributed by atoms with E-state index in [0.29, 0.717) is 12.4 Å². The van der Waals surface area contributed by atoms with E-state index in [1.807, 2.05) is 49.5 Å². The second kappa shape index (κ2) is 6.06. The van der Waals surface area contributed by atoms with Crippen LogP contribution in [0.25, 0.3) is 0 Å². The average Bonchev–Trinajstić information content (AvgIpc) is 2.47. The topological polar surface area (TPSA) is 75.2 Å². The summed E-state index contributed by atoms with van der Waals surface area (Å²) in [6, 6.07) is 13.3. The predicted octanol–water partition coefficient (Wildman–Crippen LogP) is 2.01. The van der Waals surface area contributed by atoms with E-state index < -0.39 is 0 Å². The minimum atomic E-state index is 0.0775. The van der Waals surface area contributed by atoms with Crippen molar-refractivity contribution in [2.45, 2.75) is 6.54 Å². The summed E-state index contributed by atoms with van der Waals surface area (Å²) in [5.74, 6) is 0.691. The molecular formula is C15H18N4O. The molecule has 0 unspecified atom stereocenters. The quantitative estimate of drug-likeness (QED) is 0.643. The van der Waals surface area contributed by atoms with Gasteiger partial charge in [-0.05, 0) is 30.3 Å². The summed E-state index contributed by atoms with van der Waals surface area (Å²) in [7, 11) is 3.60. The zero-order valence-electron chi connectivity index (χ0n) is 11.6. The molecule has 3 N–H and O–H groups in total. The molecule has 0 amide bonds. The predicted molar refractivity (Wildman–Crippen MR) is 80.4 cm³/mol. The molecule has 2 aromatic rings. The number of nitrogens with one attached hydrogen (secondary N) is 1. The maximum Gasteiger partial charge on any atom is 0.213 e. The van der Waals surface area contributed by atoms with Crippen molar-refractivity contribution in [3.05, 3.63) is 53.7 Å². The highest BCUT2D eigenvalue weighted by molar-refractivity contribution is 5.95. The van der Waals surface area contributed by atoms with Crippen molar-refractivity contribution < 1.29 is 4.74 Å². The number of pyridine rings is 1. The summed E-state index contributed by atoms with van der Waals surface area (Å²) in [6.45, 7) is 0.677. The van der Waals surface area contributed by atoms with E-state index in [-0.39, 0.29) is 5.84 Å². The van der Waals surface area contributed by atoms with E-state index in [9.17, 15) is 0 Å². The van der Waals surface area contributed by atoms with Crippen LogP contribution in [0.4, 0.5) is 5.69 Å². The third-order valence-corrected chi connectivity index (χ3v) is 3.01. The standard InChI is InChI=1S/C15H18N4O/c1-19(10-12-4-3-5-14(18-12)20-2)13-8-6-11(7-9-13)15(16)17/h3-9H,10H2,1-2H3,(H3,16,17). The van der Waals surface area contributed by atoms with Crippen LogP contribution in [0, 0.1) is 5.41 Å². The molecule has 1 aromatic heterocycles. The third-order valence-electron chi connectivity index (χ3n) is 3.01. The Labute approximate surface area is 118 Å². The summed E-state index contributed by atoms with van der Waals surface area (Å²) in [5.41, 5.74) is 8.14. The van der Waals surface area contributed by atoms with Crippen LogP contribution in [0.1, 0.15) is 11.3 Å². The molecule has 1 aromatic carbocycles. The lowest BCUT2D eigenvalue weighted by molar-refractivity contribution is 0.396. The number of anilines is 1. The van der Waals surface area contributed by atoms with Gasteiger partial charge in [0.25, 0.3) is 0 Å². The van der Waals surface area contributed by atoms with Gasteiger partial charge in [0.05, 0.1) is 19.3 Å². The van der Waals surface area contributed by atoms with E-state index >= 15 is 0 Å². The zero-order valence-corrected chi connectivity index (χ0v) is 11.6. The Morgan fingerprint density at radius 3 is 2.55 bits per heavy atom. The highest BCUT2D eigenvalue weighted by Crippen LogP contribution is 2.16. The number of benzene rings is 1. The Balaban J connectivity index is 2.10. The molecule has 2 rings (SSSR count). The second-order valence-electron chi connectivity index (χ2n) is 4.49. The van der Waals surface area contributed by atoms with Gasteiger partial charge in [-0.2, -0.15) is 0 Å². The Hall–Kier alpha value is -2.56. The Bertz CT molecular complexity index is 595. The van der Waals surface area contributed by atoms with Crippen molar-refractivity contribution in [2.24, 2.45) is 5.73 Å². The van der Waals surface area contributed by atoms with Gasteiger partial charge in [-0.15, -0.1) is 0 Å². The minimum Gasteiger partial charge on any atom is -0.481 e. The molecule has 0 bridgehead atoms. The number of aromatic nitrogens is 1. The highest BCUT2D eigenvalue weighted by atomic mass is 16.5. The first kappa shape index (κ1) is 13.9. The van der Waals surface area contributed by atoms with Gasteiger partial charge in [0, 0.05) is 24.4 Å². The van der Waals surface area contributed by atoms with Gasteiger partial charge >= 0.3 is 0 Å². The number of nitrogens with two attached hydrogens (primary N) is 1. The van der Waals surface area contributed by atoms with Crippen LogP contribution >= 0.6 is 0 Å². The first-order valence-electron chi connectivity index (χ1n) is 6.25. The number of ether oxygens (including phenoxy) is 1. The van der Waals surface area contributed by atoms with Crippen LogP contribution in [0.5, 0.6) is 5.88 Å². The van der Waals surface area contributed by atoms with Crippen molar-refractivity contribution >= 4 is 11.5 Å². The van der Waals surface area contributed by atoms with Gasteiger partial charge < -0.3 is 15.4 Å². The van der Waals surface area contributed by atoms with Crippen molar-refractivity contribution in [1.82, 2.24) is 4.98 Å². The van der Waals surface area contributed by atoms with Gasteiger partial charge in [-0.25, -0.2) is 4.98 Å². The smallest absolute Gasteiger partial charge is 0.213 e. The van der Waals surface area contributed by atoms with Crippen molar-refractivity contribution in [3.63, 3.8) is 0 Å². The summed E-state index contributed by atoms with van der Waals surface area (Å²) in [5, 5.41) is 7.38. The molecule has 0 atom stereocenters. The molecule has 0 spiro atoms. The van der Waals surface area contributed by atoms with Crippen LogP contribution in [-0.2, 0) is 6.54 Å². The SMILES string of the molecule is COc1cccc(CN(C)c2ccc(C(=N)N)cc2)n1. The average molecular weight is 270 g/mol. The maximum absolute atomic E-state index is 7.38. The number of hydrogen-bond acceptors (Lipinski definition) is 4. The molecule has 0 radical (unpaired) electrons. The fourth-order valence-electron chi connectivity index (χ4n) is 1.89. The van der Waals surface area contributed by atoms with E-state index in [2.05, 4.69) is 9.88 Å². The summed E-state index contributed by atoms with van der Waals surface area (Å²) >= 11 is 0. The molecule has 5 heteroatoms. The van der Waals surface area contributed by atoms with Crippen molar-refractivity contribution in [2.75, 3.05) is 19.1 Å². The fourth-order valence-corrected chi connectivity index (χ4v) is 1.89. The molecule has 5 nitrogen and oxygen atoms in total. The maximum atomic E-state index is 7.38. The first-order valence-corrected chi connectivity index (χ1v) is 6.25. The van der Waals surface area contributed by atoms with Gasteiger partial charge in [0.15, 0.2) is 0 Å². The number of methoxy groups -OCH3 is 1. The number of hydrogen-bond donors (Lipinski definition) is 2. The summed E-state index contributed by atoms with van der Waals surface area (Å²) in [6.07, 6.45) is 0. The zero-order chi connectivity index (χ0) is 14.5. The molecule has 0 fully saturated rings. The Kier molecular flexibility index (Phi) is 4.20. The lowest BCUT2D eigenvalue weighted by atomic mass is 10.2. The van der Waals surface area contributed by atoms with Crippen LogP contribution in [0.15, 0.2) is 42.5 Å². The first-order chi connectivity index (χ1) is 9.60. The molecule has 0 saturated heterocycles.